The minimum Gasteiger partial charge on any atom is -0.450 e. The van der Waals surface area contributed by atoms with Crippen molar-refractivity contribution in [1.82, 2.24) is 9.97 Å². The summed E-state index contributed by atoms with van der Waals surface area (Å²) in [6.45, 7) is 3.82. The van der Waals surface area contributed by atoms with Crippen molar-refractivity contribution in [2.75, 3.05) is 4.90 Å². The molecule has 2 aromatic carbocycles. The summed E-state index contributed by atoms with van der Waals surface area (Å²) >= 11 is 0. The zero-order chi connectivity index (χ0) is 21.0. The molecule has 4 aromatic rings. The van der Waals surface area contributed by atoms with Crippen LogP contribution in [0.5, 0.6) is 0 Å². The molecule has 0 spiro atoms. The number of hydrogen-bond acceptors (Lipinski definition) is 5. The molecule has 5 rings (SSSR count). The Bertz CT molecular complexity index is 1360. The number of rotatable bonds is 2. The Morgan fingerprint density at radius 1 is 1.00 bits per heavy atom. The first-order valence-electron chi connectivity index (χ1n) is 9.39. The summed E-state index contributed by atoms with van der Waals surface area (Å²) in [6, 6.07) is 10.0. The molecule has 0 aliphatic carbocycles. The van der Waals surface area contributed by atoms with Crippen LogP contribution in [-0.2, 0) is 0 Å². The van der Waals surface area contributed by atoms with Gasteiger partial charge in [-0.3, -0.25) is 14.5 Å². The van der Waals surface area contributed by atoms with E-state index < -0.39 is 17.8 Å². The average molecular weight is 401 g/mol. The van der Waals surface area contributed by atoms with E-state index in [1.54, 1.807) is 30.3 Å². The summed E-state index contributed by atoms with van der Waals surface area (Å²) in [5, 5.41) is 0.396. The molecule has 1 aliphatic heterocycles. The lowest BCUT2D eigenvalue weighted by atomic mass is 9.97. The minimum atomic E-state index is -0.822. The first-order valence-corrected chi connectivity index (χ1v) is 9.39. The molecule has 3 heterocycles. The molecule has 30 heavy (non-hydrogen) atoms. The van der Waals surface area contributed by atoms with Gasteiger partial charge in [0.2, 0.25) is 11.7 Å². The lowest BCUT2D eigenvalue weighted by Gasteiger charge is -2.22. The summed E-state index contributed by atoms with van der Waals surface area (Å²) in [5.74, 6) is -0.832. The molecular weight excluding hydrogens is 385 g/mol. The van der Waals surface area contributed by atoms with Gasteiger partial charge in [0.15, 0.2) is 5.43 Å². The summed E-state index contributed by atoms with van der Waals surface area (Å²) in [7, 11) is 0. The molecular formula is C23H16FN3O3. The first kappa shape index (κ1) is 18.2. The zero-order valence-corrected chi connectivity index (χ0v) is 16.2. The van der Waals surface area contributed by atoms with Crippen molar-refractivity contribution in [2.45, 2.75) is 19.9 Å². The van der Waals surface area contributed by atoms with Crippen LogP contribution in [-0.4, -0.2) is 15.9 Å². The van der Waals surface area contributed by atoms with E-state index in [-0.39, 0.29) is 22.7 Å². The third-order valence-electron chi connectivity index (χ3n) is 5.44. The number of hydrogen-bond donors (Lipinski definition) is 0. The van der Waals surface area contributed by atoms with Gasteiger partial charge in [-0.15, -0.1) is 0 Å². The Hall–Kier alpha value is -3.87. The molecule has 2 aromatic heterocycles. The van der Waals surface area contributed by atoms with Crippen LogP contribution in [0.2, 0.25) is 0 Å². The standard InChI is InChI=1S/C23H16FN3O3/c1-12-10-16-17(11-13(12)2)30-21-18(20(16)28)19(14-4-6-15(24)7-5-14)27(22(21)29)23-25-8-3-9-26-23/h3-11,19H,1-2H3. The maximum absolute atomic E-state index is 13.6. The van der Waals surface area contributed by atoms with Gasteiger partial charge in [0.05, 0.1) is 17.0 Å². The van der Waals surface area contributed by atoms with Crippen LogP contribution >= 0.6 is 0 Å². The van der Waals surface area contributed by atoms with Crippen LogP contribution in [0.15, 0.2) is 64.1 Å². The van der Waals surface area contributed by atoms with Gasteiger partial charge in [-0.05, 0) is 60.9 Å². The highest BCUT2D eigenvalue weighted by Crippen LogP contribution is 2.40. The number of carbonyl (C=O) groups excluding carboxylic acids is 1. The van der Waals surface area contributed by atoms with Gasteiger partial charge < -0.3 is 4.42 Å². The predicted octanol–water partition coefficient (Wildman–Crippen LogP) is 4.09. The van der Waals surface area contributed by atoms with Crippen LogP contribution in [0.4, 0.5) is 10.3 Å². The van der Waals surface area contributed by atoms with Gasteiger partial charge in [0, 0.05) is 12.4 Å². The lowest BCUT2D eigenvalue weighted by Crippen LogP contribution is -2.31. The second-order valence-corrected chi connectivity index (χ2v) is 7.28. The van der Waals surface area contributed by atoms with Gasteiger partial charge in [-0.25, -0.2) is 14.4 Å². The zero-order valence-electron chi connectivity index (χ0n) is 16.2. The van der Waals surface area contributed by atoms with Gasteiger partial charge in [-0.2, -0.15) is 0 Å². The van der Waals surface area contributed by atoms with Crippen LogP contribution in [0.1, 0.15) is 38.9 Å². The van der Waals surface area contributed by atoms with E-state index in [9.17, 15) is 14.0 Å². The van der Waals surface area contributed by atoms with Crippen LogP contribution < -0.4 is 10.3 Å². The van der Waals surface area contributed by atoms with Crippen molar-refractivity contribution in [1.29, 1.82) is 0 Å². The molecule has 1 aliphatic rings. The maximum Gasteiger partial charge on any atom is 0.297 e. The molecule has 0 fully saturated rings. The van der Waals surface area contributed by atoms with Crippen LogP contribution in [0, 0.1) is 19.7 Å². The highest BCUT2D eigenvalue weighted by atomic mass is 19.1. The molecule has 148 valence electrons. The van der Waals surface area contributed by atoms with Crippen molar-refractivity contribution in [3.05, 3.63) is 98.9 Å². The van der Waals surface area contributed by atoms with Gasteiger partial charge in [0.25, 0.3) is 5.91 Å². The summed E-state index contributed by atoms with van der Waals surface area (Å²) in [4.78, 5) is 36.5. The first-order chi connectivity index (χ1) is 14.5. The second kappa shape index (κ2) is 6.59. The van der Waals surface area contributed by atoms with E-state index in [4.69, 9.17) is 4.42 Å². The molecule has 1 unspecified atom stereocenters. The molecule has 0 saturated carbocycles. The molecule has 0 radical (unpaired) electrons. The van der Waals surface area contributed by atoms with E-state index in [0.717, 1.165) is 11.1 Å². The lowest BCUT2D eigenvalue weighted by molar-refractivity contribution is 0.0969. The van der Waals surface area contributed by atoms with E-state index >= 15 is 0 Å². The van der Waals surface area contributed by atoms with Crippen LogP contribution in [0.3, 0.4) is 0 Å². The third-order valence-corrected chi connectivity index (χ3v) is 5.44. The average Bonchev–Trinajstić information content (AvgIpc) is 3.04. The van der Waals surface area contributed by atoms with Crippen molar-refractivity contribution in [2.24, 2.45) is 0 Å². The largest absolute Gasteiger partial charge is 0.450 e. The minimum absolute atomic E-state index is 0.0440. The Balaban J connectivity index is 1.83. The molecule has 0 N–H and O–H groups in total. The Kier molecular flexibility index (Phi) is 3.99. The van der Waals surface area contributed by atoms with E-state index in [2.05, 4.69) is 9.97 Å². The Labute approximate surface area is 170 Å². The van der Waals surface area contributed by atoms with E-state index in [1.165, 1.54) is 29.4 Å². The highest BCUT2D eigenvalue weighted by molar-refractivity contribution is 6.09. The predicted molar refractivity (Wildman–Crippen MR) is 109 cm³/mol. The molecule has 1 atom stereocenters. The normalized spacial score (nSPS) is 15.6. The number of anilines is 1. The van der Waals surface area contributed by atoms with Crippen molar-refractivity contribution < 1.29 is 13.6 Å². The number of nitrogens with zero attached hydrogens (tertiary/aromatic N) is 3. The second-order valence-electron chi connectivity index (χ2n) is 7.28. The SMILES string of the molecule is Cc1cc2oc3c(c(=O)c2cc1C)C(c1ccc(F)cc1)N(c1ncccn1)C3=O. The Morgan fingerprint density at radius 2 is 1.67 bits per heavy atom. The number of carbonyl (C=O) groups is 1. The fourth-order valence-corrected chi connectivity index (χ4v) is 3.81. The molecule has 7 heteroatoms. The number of aromatic nitrogens is 2. The highest BCUT2D eigenvalue weighted by Gasteiger charge is 2.44. The number of fused-ring (bicyclic) bond motifs is 2. The monoisotopic (exact) mass is 401 g/mol. The number of benzene rings is 2. The van der Waals surface area contributed by atoms with Crippen LogP contribution in [0.25, 0.3) is 11.0 Å². The van der Waals surface area contributed by atoms with Crippen molar-refractivity contribution in [3.63, 3.8) is 0 Å². The van der Waals surface area contributed by atoms with Crippen molar-refractivity contribution in [3.8, 4) is 0 Å². The maximum atomic E-state index is 13.6. The fraction of sp³-hybridized carbons (Fsp3) is 0.130. The summed E-state index contributed by atoms with van der Waals surface area (Å²) in [6.07, 6.45) is 3.03. The topological polar surface area (TPSA) is 76.3 Å². The van der Waals surface area contributed by atoms with Gasteiger partial charge in [-0.1, -0.05) is 12.1 Å². The molecule has 0 saturated heterocycles. The smallest absolute Gasteiger partial charge is 0.297 e. The summed E-state index contributed by atoms with van der Waals surface area (Å²) < 4.78 is 19.5. The van der Waals surface area contributed by atoms with Crippen molar-refractivity contribution >= 4 is 22.8 Å². The fourth-order valence-electron chi connectivity index (χ4n) is 3.81. The molecule has 0 bridgehead atoms. The molecule has 6 nitrogen and oxygen atoms in total. The third kappa shape index (κ3) is 2.62. The quantitative estimate of drug-likeness (QED) is 0.506. The van der Waals surface area contributed by atoms with Gasteiger partial charge >= 0.3 is 0 Å². The number of halogens is 1. The van der Waals surface area contributed by atoms with E-state index in [0.29, 0.717) is 16.5 Å². The van der Waals surface area contributed by atoms with E-state index in [1.807, 2.05) is 13.8 Å². The number of amides is 1. The number of aryl methyl sites for hydroxylation is 2. The van der Waals surface area contributed by atoms with Gasteiger partial charge in [0.1, 0.15) is 11.4 Å². The molecule has 1 amide bonds. The summed E-state index contributed by atoms with van der Waals surface area (Å²) in [5.41, 5.74) is 2.72. The Morgan fingerprint density at radius 3 is 2.37 bits per heavy atom.